The molecule has 12 heteroatoms. The highest BCUT2D eigenvalue weighted by molar-refractivity contribution is 5.89. The molecule has 196 valence electrons. The van der Waals surface area contributed by atoms with E-state index >= 15 is 0 Å². The van der Waals surface area contributed by atoms with E-state index in [0.717, 1.165) is 15.4 Å². The summed E-state index contributed by atoms with van der Waals surface area (Å²) in [5.41, 5.74) is -4.71. The number of rotatable bonds is 3. The highest BCUT2D eigenvalue weighted by Gasteiger charge is 2.76. The number of alkyl halides is 9. The Hall–Kier alpha value is -2.92. The van der Waals surface area contributed by atoms with Crippen molar-refractivity contribution in [1.82, 2.24) is 4.90 Å². The Morgan fingerprint density at radius 3 is 1.92 bits per heavy atom. The molecule has 0 aromatic heterocycles. The summed E-state index contributed by atoms with van der Waals surface area (Å²) in [4.78, 5) is 15.1. The number of carbonyl (C=O) groups excluding carboxylic acids is 1. The van der Waals surface area contributed by atoms with Crippen LogP contribution < -0.4 is 4.90 Å². The smallest absolute Gasteiger partial charge is 0.367 e. The van der Waals surface area contributed by atoms with Crippen LogP contribution >= 0.6 is 0 Å². The van der Waals surface area contributed by atoms with Crippen molar-refractivity contribution in [1.29, 1.82) is 0 Å². The Morgan fingerprint density at radius 1 is 0.833 bits per heavy atom. The van der Waals surface area contributed by atoms with Crippen LogP contribution in [0.4, 0.5) is 45.2 Å². The maximum Gasteiger partial charge on any atom is 0.418 e. The lowest BCUT2D eigenvalue weighted by molar-refractivity contribution is -0.200. The van der Waals surface area contributed by atoms with Crippen LogP contribution in [0, 0.1) is 12.3 Å². The molecule has 2 aliphatic rings. The summed E-state index contributed by atoms with van der Waals surface area (Å²) in [6, 6.07) is 7.40. The molecular formula is C24H21F9N2O. The van der Waals surface area contributed by atoms with Gasteiger partial charge in [-0.3, -0.25) is 4.79 Å². The average Bonchev–Trinajstić information content (AvgIpc) is 3.55. The van der Waals surface area contributed by atoms with E-state index in [-0.39, 0.29) is 26.2 Å². The fourth-order valence-corrected chi connectivity index (χ4v) is 4.78. The van der Waals surface area contributed by atoms with Gasteiger partial charge in [0, 0.05) is 37.8 Å². The van der Waals surface area contributed by atoms with E-state index in [1.54, 1.807) is 19.1 Å². The molecule has 1 heterocycles. The molecule has 1 aliphatic heterocycles. The average molecular weight is 524 g/mol. The molecular weight excluding hydrogens is 503 g/mol. The normalized spacial score (nSPS) is 23.1. The van der Waals surface area contributed by atoms with Gasteiger partial charge in [0.1, 0.15) is 0 Å². The highest BCUT2D eigenvalue weighted by Crippen LogP contribution is 2.68. The molecule has 2 atom stereocenters. The molecule has 2 aromatic carbocycles. The maximum atomic E-state index is 14.1. The quantitative estimate of drug-likeness (QED) is 0.433. The molecule has 1 saturated carbocycles. The number of hydrogen-bond donors (Lipinski definition) is 0. The molecule has 4 rings (SSSR count). The summed E-state index contributed by atoms with van der Waals surface area (Å²) in [5.74, 6) is -2.25. The van der Waals surface area contributed by atoms with Gasteiger partial charge in [-0.25, -0.2) is 0 Å². The van der Waals surface area contributed by atoms with Crippen molar-refractivity contribution in [3.8, 4) is 0 Å². The Kier molecular flexibility index (Phi) is 6.24. The first-order valence-electron chi connectivity index (χ1n) is 11.0. The Labute approximate surface area is 200 Å². The van der Waals surface area contributed by atoms with Gasteiger partial charge >= 0.3 is 18.5 Å². The van der Waals surface area contributed by atoms with Gasteiger partial charge in [0.05, 0.1) is 11.1 Å². The minimum absolute atomic E-state index is 0.331. The third-order valence-electron chi connectivity index (χ3n) is 6.87. The van der Waals surface area contributed by atoms with Crippen molar-refractivity contribution >= 4 is 11.6 Å². The number of halogens is 9. The first kappa shape index (κ1) is 26.2. The molecule has 1 amide bonds. The van der Waals surface area contributed by atoms with E-state index in [1.165, 1.54) is 12.1 Å². The fraction of sp³-hybridized carbons (Fsp3) is 0.458. The van der Waals surface area contributed by atoms with Crippen LogP contribution in [-0.2, 0) is 17.1 Å². The third-order valence-corrected chi connectivity index (χ3v) is 6.87. The summed E-state index contributed by atoms with van der Waals surface area (Å²) in [7, 11) is 0. The zero-order valence-corrected chi connectivity index (χ0v) is 18.9. The van der Waals surface area contributed by atoms with Gasteiger partial charge in [0.2, 0.25) is 5.91 Å². The predicted octanol–water partition coefficient (Wildman–Crippen LogP) is 6.42. The number of anilines is 1. The van der Waals surface area contributed by atoms with Crippen LogP contribution in [0.15, 0.2) is 42.5 Å². The molecule has 2 fully saturated rings. The molecule has 0 N–H and O–H groups in total. The Balaban J connectivity index is 1.55. The van der Waals surface area contributed by atoms with Crippen molar-refractivity contribution in [2.45, 2.75) is 37.8 Å². The summed E-state index contributed by atoms with van der Waals surface area (Å²) in [6.45, 7) is 0.362. The SMILES string of the molecule is Cc1ccc([C@@H]2C[C@]2(C(=O)N2CCN(c3cc(C(F)(F)F)ccc3C(F)(F)F)CC2)C(F)(F)F)cc1. The van der Waals surface area contributed by atoms with E-state index < -0.39 is 59.0 Å². The lowest BCUT2D eigenvalue weighted by Gasteiger charge is -2.39. The molecule has 0 unspecified atom stereocenters. The Bertz CT molecular complexity index is 1130. The second-order valence-corrected chi connectivity index (χ2v) is 9.14. The van der Waals surface area contributed by atoms with Crippen molar-refractivity contribution < 1.29 is 44.3 Å². The molecule has 0 spiro atoms. The van der Waals surface area contributed by atoms with Crippen molar-refractivity contribution in [2.24, 2.45) is 5.41 Å². The molecule has 1 aliphatic carbocycles. The summed E-state index contributed by atoms with van der Waals surface area (Å²) < 4.78 is 122. The van der Waals surface area contributed by atoms with E-state index in [0.29, 0.717) is 23.8 Å². The molecule has 2 aromatic rings. The molecule has 1 saturated heterocycles. The van der Waals surface area contributed by atoms with Crippen LogP contribution in [0.2, 0.25) is 0 Å². The largest absolute Gasteiger partial charge is 0.418 e. The van der Waals surface area contributed by atoms with Crippen molar-refractivity contribution in [2.75, 3.05) is 31.1 Å². The van der Waals surface area contributed by atoms with Crippen LogP contribution in [-0.4, -0.2) is 43.2 Å². The van der Waals surface area contributed by atoms with Gasteiger partial charge in [-0.1, -0.05) is 29.8 Å². The van der Waals surface area contributed by atoms with Gasteiger partial charge in [0.15, 0.2) is 5.41 Å². The van der Waals surface area contributed by atoms with Crippen LogP contribution in [0.3, 0.4) is 0 Å². The van der Waals surface area contributed by atoms with Crippen LogP contribution in [0.25, 0.3) is 0 Å². The number of benzene rings is 2. The van der Waals surface area contributed by atoms with Gasteiger partial charge in [-0.2, -0.15) is 39.5 Å². The number of hydrogen-bond acceptors (Lipinski definition) is 2. The zero-order chi connectivity index (χ0) is 26.7. The van der Waals surface area contributed by atoms with Gasteiger partial charge in [-0.15, -0.1) is 0 Å². The first-order valence-corrected chi connectivity index (χ1v) is 11.0. The zero-order valence-electron chi connectivity index (χ0n) is 18.9. The Morgan fingerprint density at radius 2 is 1.42 bits per heavy atom. The highest BCUT2D eigenvalue weighted by atomic mass is 19.4. The molecule has 36 heavy (non-hydrogen) atoms. The second kappa shape index (κ2) is 8.58. The summed E-state index contributed by atoms with van der Waals surface area (Å²) >= 11 is 0. The van der Waals surface area contributed by atoms with Crippen LogP contribution in [0.1, 0.15) is 34.6 Å². The topological polar surface area (TPSA) is 23.6 Å². The van der Waals surface area contributed by atoms with Gasteiger partial charge in [0.25, 0.3) is 0 Å². The third kappa shape index (κ3) is 4.61. The minimum atomic E-state index is -4.94. The van der Waals surface area contributed by atoms with E-state index in [1.807, 2.05) is 0 Å². The lowest BCUT2D eigenvalue weighted by Crippen LogP contribution is -2.53. The van der Waals surface area contributed by atoms with E-state index in [2.05, 4.69) is 0 Å². The van der Waals surface area contributed by atoms with E-state index in [4.69, 9.17) is 0 Å². The van der Waals surface area contributed by atoms with Gasteiger partial charge in [-0.05, 0) is 37.1 Å². The van der Waals surface area contributed by atoms with Gasteiger partial charge < -0.3 is 9.80 Å². The summed E-state index contributed by atoms with van der Waals surface area (Å²) in [5, 5.41) is 0. The predicted molar refractivity (Wildman–Crippen MR) is 112 cm³/mol. The van der Waals surface area contributed by atoms with E-state index in [9.17, 15) is 44.3 Å². The monoisotopic (exact) mass is 524 g/mol. The first-order chi connectivity index (χ1) is 16.6. The van der Waals surface area contributed by atoms with Crippen molar-refractivity contribution in [3.63, 3.8) is 0 Å². The fourth-order valence-electron chi connectivity index (χ4n) is 4.78. The number of amides is 1. The number of nitrogens with zero attached hydrogens (tertiary/aromatic N) is 2. The number of piperazine rings is 1. The second-order valence-electron chi connectivity index (χ2n) is 9.14. The molecule has 0 radical (unpaired) electrons. The standard InChI is InChI=1S/C24H21F9N2O/c1-14-2-4-15(5-3-14)18-13-21(18,24(31,32)33)20(36)35-10-8-34(9-11-35)19-12-16(22(25,26)27)6-7-17(19)23(28,29)30/h2-7,12,18H,8-11,13H2,1H3/t18-,21-/m0/s1. The number of carbonyl (C=O) groups is 1. The van der Waals surface area contributed by atoms with Crippen LogP contribution in [0.5, 0.6) is 0 Å². The number of aryl methyl sites for hydroxylation is 1. The maximum absolute atomic E-state index is 14.1. The summed E-state index contributed by atoms with van der Waals surface area (Å²) in [6.07, 6.45) is -15.1. The lowest BCUT2D eigenvalue weighted by atomic mass is 9.95. The van der Waals surface area contributed by atoms with Crippen molar-refractivity contribution in [3.05, 3.63) is 64.7 Å². The molecule has 3 nitrogen and oxygen atoms in total. The minimum Gasteiger partial charge on any atom is -0.367 e. The molecule has 0 bridgehead atoms.